The van der Waals surface area contributed by atoms with Crippen molar-refractivity contribution in [3.63, 3.8) is 0 Å². The predicted molar refractivity (Wildman–Crippen MR) is 31.1 cm³/mol. The van der Waals surface area contributed by atoms with Crippen LogP contribution in [-0.2, 0) is 11.3 Å². The van der Waals surface area contributed by atoms with E-state index in [1.807, 2.05) is 0 Å². The van der Waals surface area contributed by atoms with Crippen molar-refractivity contribution in [2.75, 3.05) is 14.1 Å². The first-order valence-corrected chi connectivity index (χ1v) is 2.96. The minimum absolute atomic E-state index is 1.21. The second-order valence-electron chi connectivity index (χ2n) is 1.40. The molecule has 0 spiro atoms. The van der Waals surface area contributed by atoms with Gasteiger partial charge in [0, 0.05) is 14.1 Å². The minimum Gasteiger partial charge on any atom is -0.754 e. The molecule has 0 saturated carbocycles. The standard InChI is InChI=1S/C3H8N2O2S/c1-5(2)3-4-8(6)7/h3H,1-2H3,(H,6,7)/p-1. The molecule has 0 rings (SSSR count). The van der Waals surface area contributed by atoms with Crippen molar-refractivity contribution in [1.29, 1.82) is 0 Å². The summed E-state index contributed by atoms with van der Waals surface area (Å²) in [6, 6.07) is 0. The lowest BCUT2D eigenvalue weighted by Gasteiger charge is -2.01. The molecule has 0 aliphatic rings. The van der Waals surface area contributed by atoms with E-state index in [2.05, 4.69) is 4.40 Å². The molecule has 0 aromatic rings. The summed E-state index contributed by atoms with van der Waals surface area (Å²) in [7, 11) is 3.38. The van der Waals surface area contributed by atoms with Gasteiger partial charge in [-0.05, 0) is 0 Å². The molecule has 0 aromatic carbocycles. The Morgan fingerprint density at radius 1 is 1.75 bits per heavy atom. The molecule has 5 heteroatoms. The summed E-state index contributed by atoms with van der Waals surface area (Å²) in [6.07, 6.45) is 1.21. The summed E-state index contributed by atoms with van der Waals surface area (Å²) in [4.78, 5) is 1.54. The van der Waals surface area contributed by atoms with Gasteiger partial charge in [0.05, 0.1) is 17.6 Å². The van der Waals surface area contributed by atoms with E-state index in [0.29, 0.717) is 0 Å². The molecular formula is C3H7N2O2S-. The average molecular weight is 135 g/mol. The van der Waals surface area contributed by atoms with Crippen LogP contribution in [-0.4, -0.2) is 34.1 Å². The van der Waals surface area contributed by atoms with Crippen molar-refractivity contribution in [1.82, 2.24) is 4.90 Å². The van der Waals surface area contributed by atoms with Gasteiger partial charge in [-0.2, -0.15) is 4.40 Å². The third kappa shape index (κ3) is 5.58. The largest absolute Gasteiger partial charge is 0.754 e. The van der Waals surface area contributed by atoms with E-state index >= 15 is 0 Å². The Kier molecular flexibility index (Phi) is 3.38. The van der Waals surface area contributed by atoms with Crippen LogP contribution in [0.2, 0.25) is 0 Å². The zero-order chi connectivity index (χ0) is 6.57. The maximum atomic E-state index is 9.68. The third-order valence-corrected chi connectivity index (χ3v) is 0.631. The lowest BCUT2D eigenvalue weighted by Crippen LogP contribution is -2.08. The van der Waals surface area contributed by atoms with E-state index in [1.165, 1.54) is 11.2 Å². The lowest BCUT2D eigenvalue weighted by atomic mass is 11.0. The zero-order valence-electron chi connectivity index (χ0n) is 4.70. The number of nitrogens with zero attached hydrogens (tertiary/aromatic N) is 2. The first kappa shape index (κ1) is 7.58. The summed E-state index contributed by atoms with van der Waals surface area (Å²) in [5.41, 5.74) is 0. The lowest BCUT2D eigenvalue weighted by molar-refractivity contribution is 0.537. The number of hydrogen-bond donors (Lipinski definition) is 0. The molecule has 1 unspecified atom stereocenters. The Morgan fingerprint density at radius 3 is 2.38 bits per heavy atom. The molecule has 4 nitrogen and oxygen atoms in total. The fraction of sp³-hybridized carbons (Fsp3) is 0.667. The highest BCUT2D eigenvalue weighted by atomic mass is 32.2. The Labute approximate surface area is 50.6 Å². The maximum Gasteiger partial charge on any atom is 0.1000 e. The molecule has 48 valence electrons. The maximum absolute atomic E-state index is 9.68. The van der Waals surface area contributed by atoms with Crippen LogP contribution in [0.1, 0.15) is 0 Å². The second kappa shape index (κ2) is 3.57. The van der Waals surface area contributed by atoms with Gasteiger partial charge in [-0.1, -0.05) is 0 Å². The molecule has 0 N–H and O–H groups in total. The van der Waals surface area contributed by atoms with Gasteiger partial charge < -0.3 is 9.45 Å². The van der Waals surface area contributed by atoms with Gasteiger partial charge >= 0.3 is 0 Å². The Morgan fingerprint density at radius 2 is 2.25 bits per heavy atom. The highest BCUT2D eigenvalue weighted by Gasteiger charge is 1.73. The van der Waals surface area contributed by atoms with Crippen LogP contribution in [0.25, 0.3) is 0 Å². The molecule has 0 saturated heterocycles. The Hall–Kier alpha value is -0.420. The highest BCUT2D eigenvalue weighted by molar-refractivity contribution is 7.77. The van der Waals surface area contributed by atoms with Crippen molar-refractivity contribution in [2.45, 2.75) is 0 Å². The van der Waals surface area contributed by atoms with Crippen molar-refractivity contribution >= 4 is 17.6 Å². The van der Waals surface area contributed by atoms with Gasteiger partial charge in [-0.15, -0.1) is 0 Å². The zero-order valence-corrected chi connectivity index (χ0v) is 5.51. The highest BCUT2D eigenvalue weighted by Crippen LogP contribution is 1.72. The van der Waals surface area contributed by atoms with Crippen LogP contribution in [0, 0.1) is 0 Å². The first-order valence-electron chi connectivity index (χ1n) is 1.93. The number of rotatable bonds is 2. The van der Waals surface area contributed by atoms with Crippen LogP contribution < -0.4 is 0 Å². The Balaban J connectivity index is 3.50. The minimum atomic E-state index is -2.31. The van der Waals surface area contributed by atoms with Gasteiger partial charge in [-0.25, -0.2) is 0 Å². The number of hydrogen-bond acceptors (Lipinski definition) is 2. The van der Waals surface area contributed by atoms with Crippen molar-refractivity contribution < 1.29 is 8.76 Å². The monoisotopic (exact) mass is 135 g/mol. The van der Waals surface area contributed by atoms with Crippen LogP contribution in [0.4, 0.5) is 0 Å². The molecule has 1 atom stereocenters. The van der Waals surface area contributed by atoms with Crippen molar-refractivity contribution in [3.8, 4) is 0 Å². The summed E-state index contributed by atoms with van der Waals surface area (Å²) in [5, 5.41) is 0. The molecule has 0 heterocycles. The molecule has 0 aromatic heterocycles. The fourth-order valence-electron chi connectivity index (χ4n) is 0.133. The molecule has 0 aliphatic carbocycles. The molecule has 0 bridgehead atoms. The third-order valence-electron chi connectivity index (χ3n) is 0.364. The molecule has 0 fully saturated rings. The fourth-order valence-corrected chi connectivity index (χ4v) is 0.398. The van der Waals surface area contributed by atoms with Crippen molar-refractivity contribution in [2.24, 2.45) is 4.40 Å². The van der Waals surface area contributed by atoms with Crippen LogP contribution in [0.15, 0.2) is 4.40 Å². The van der Waals surface area contributed by atoms with Gasteiger partial charge in [-0.3, -0.25) is 4.21 Å². The predicted octanol–water partition coefficient (Wildman–Crippen LogP) is -0.630. The second-order valence-corrected chi connectivity index (χ2v) is 2.05. The van der Waals surface area contributed by atoms with Crippen LogP contribution in [0.5, 0.6) is 0 Å². The van der Waals surface area contributed by atoms with E-state index in [9.17, 15) is 8.76 Å². The van der Waals surface area contributed by atoms with E-state index in [4.69, 9.17) is 0 Å². The average Bonchev–Trinajstić information content (AvgIpc) is 1.61. The van der Waals surface area contributed by atoms with Gasteiger partial charge in [0.2, 0.25) is 0 Å². The molecule has 0 radical (unpaired) electrons. The summed E-state index contributed by atoms with van der Waals surface area (Å²) >= 11 is -2.31. The first-order chi connectivity index (χ1) is 3.63. The van der Waals surface area contributed by atoms with Gasteiger partial charge in [0.1, 0.15) is 0 Å². The summed E-state index contributed by atoms with van der Waals surface area (Å²) in [6.45, 7) is 0. The van der Waals surface area contributed by atoms with E-state index in [1.54, 1.807) is 14.1 Å². The topological polar surface area (TPSA) is 55.7 Å². The molecular weight excluding hydrogens is 128 g/mol. The van der Waals surface area contributed by atoms with Crippen LogP contribution >= 0.6 is 0 Å². The summed E-state index contributed by atoms with van der Waals surface area (Å²) < 4.78 is 22.4. The van der Waals surface area contributed by atoms with Crippen molar-refractivity contribution in [3.05, 3.63) is 0 Å². The molecule has 0 amide bonds. The van der Waals surface area contributed by atoms with E-state index in [0.717, 1.165) is 0 Å². The normalized spacial score (nSPS) is 14.4. The van der Waals surface area contributed by atoms with Gasteiger partial charge in [0.15, 0.2) is 0 Å². The van der Waals surface area contributed by atoms with Crippen LogP contribution in [0.3, 0.4) is 0 Å². The SMILES string of the molecule is CN(C)C=NS(=O)[O-]. The smallest absolute Gasteiger partial charge is 0.1000 e. The summed E-state index contributed by atoms with van der Waals surface area (Å²) in [5.74, 6) is 0. The molecule has 8 heavy (non-hydrogen) atoms. The van der Waals surface area contributed by atoms with E-state index < -0.39 is 11.3 Å². The van der Waals surface area contributed by atoms with Gasteiger partial charge in [0.25, 0.3) is 0 Å². The molecule has 0 aliphatic heterocycles. The quantitative estimate of drug-likeness (QED) is 0.288. The van der Waals surface area contributed by atoms with E-state index in [-0.39, 0.29) is 0 Å². The Bertz CT molecular complexity index is 112.